The molecule has 9 nitrogen and oxygen atoms in total. The molecule has 1 aliphatic rings. The molecule has 162 valence electrons. The third-order valence-electron chi connectivity index (χ3n) is 5.25. The minimum absolute atomic E-state index is 0.150. The molecule has 1 atom stereocenters. The molecule has 0 amide bonds. The summed E-state index contributed by atoms with van der Waals surface area (Å²) in [5.74, 6) is 0.180. The first-order valence-corrected chi connectivity index (χ1v) is 11.5. The largest absolute Gasteiger partial charge is 0.457 e. The lowest BCUT2D eigenvalue weighted by atomic mass is 9.95. The maximum absolute atomic E-state index is 11.7. The molecular formula is C21H22N4O5S. The highest BCUT2D eigenvalue weighted by atomic mass is 32.2. The van der Waals surface area contributed by atoms with Crippen molar-refractivity contribution in [2.75, 3.05) is 12.8 Å². The third kappa shape index (κ3) is 4.36. The van der Waals surface area contributed by atoms with Crippen LogP contribution in [0.2, 0.25) is 0 Å². The van der Waals surface area contributed by atoms with Crippen LogP contribution in [0.3, 0.4) is 0 Å². The van der Waals surface area contributed by atoms with E-state index in [1.807, 2.05) is 6.92 Å². The lowest BCUT2D eigenvalue weighted by Crippen LogP contribution is -2.21. The summed E-state index contributed by atoms with van der Waals surface area (Å²) in [6, 6.07) is 6.54. The van der Waals surface area contributed by atoms with E-state index in [0.717, 1.165) is 28.5 Å². The number of rotatable bonds is 7. The smallest absolute Gasteiger partial charge is 0.338 e. The van der Waals surface area contributed by atoms with Gasteiger partial charge < -0.3 is 15.2 Å². The van der Waals surface area contributed by atoms with Crippen LogP contribution in [0.1, 0.15) is 38.7 Å². The van der Waals surface area contributed by atoms with Crippen LogP contribution < -0.4 is 5.32 Å². The molecule has 3 heterocycles. The van der Waals surface area contributed by atoms with Gasteiger partial charge in [0, 0.05) is 42.9 Å². The maximum atomic E-state index is 11.7. The SMILES string of the molecule is Cc1c([C@@H](O)CNCc2cnn(-c3ccc(S(C)(=O)=O)cn3)c2)ccc2c1COC2=O. The monoisotopic (exact) mass is 442 g/mol. The number of aliphatic hydroxyl groups excluding tert-OH is 1. The van der Waals surface area contributed by atoms with Gasteiger partial charge in [-0.2, -0.15) is 5.10 Å². The van der Waals surface area contributed by atoms with Crippen molar-refractivity contribution in [3.8, 4) is 5.82 Å². The number of hydrogen-bond acceptors (Lipinski definition) is 8. The maximum Gasteiger partial charge on any atom is 0.338 e. The summed E-state index contributed by atoms with van der Waals surface area (Å²) in [6.45, 7) is 2.92. The molecule has 0 spiro atoms. The van der Waals surface area contributed by atoms with E-state index < -0.39 is 15.9 Å². The van der Waals surface area contributed by atoms with Gasteiger partial charge in [0.2, 0.25) is 0 Å². The topological polar surface area (TPSA) is 123 Å². The van der Waals surface area contributed by atoms with Crippen molar-refractivity contribution in [3.05, 3.63) is 70.7 Å². The Kier molecular flexibility index (Phi) is 5.61. The molecule has 0 aliphatic carbocycles. The first-order chi connectivity index (χ1) is 14.7. The second kappa shape index (κ2) is 8.22. The van der Waals surface area contributed by atoms with Gasteiger partial charge in [-0.05, 0) is 36.2 Å². The van der Waals surface area contributed by atoms with Gasteiger partial charge in [-0.25, -0.2) is 22.9 Å². The Hall–Kier alpha value is -3.08. The van der Waals surface area contributed by atoms with Gasteiger partial charge in [0.1, 0.15) is 6.61 Å². The van der Waals surface area contributed by atoms with E-state index in [0.29, 0.717) is 24.5 Å². The van der Waals surface area contributed by atoms with Crippen molar-refractivity contribution in [3.63, 3.8) is 0 Å². The number of cyclic esters (lactones) is 1. The molecule has 3 aromatic rings. The molecule has 31 heavy (non-hydrogen) atoms. The summed E-state index contributed by atoms with van der Waals surface area (Å²) < 4.78 is 29.7. The lowest BCUT2D eigenvalue weighted by Gasteiger charge is -2.16. The first-order valence-electron chi connectivity index (χ1n) is 9.62. The van der Waals surface area contributed by atoms with E-state index in [1.165, 1.54) is 12.3 Å². The number of hydrogen-bond donors (Lipinski definition) is 2. The van der Waals surface area contributed by atoms with E-state index in [9.17, 15) is 18.3 Å². The number of aliphatic hydroxyl groups is 1. The minimum atomic E-state index is -3.30. The number of sulfone groups is 1. The van der Waals surface area contributed by atoms with Crippen molar-refractivity contribution < 1.29 is 23.1 Å². The Balaban J connectivity index is 1.37. The van der Waals surface area contributed by atoms with Crippen molar-refractivity contribution in [2.45, 2.75) is 31.1 Å². The number of nitrogens with one attached hydrogen (secondary N) is 1. The van der Waals surface area contributed by atoms with E-state index in [2.05, 4.69) is 15.4 Å². The summed E-state index contributed by atoms with van der Waals surface area (Å²) in [4.78, 5) is 16.0. The van der Waals surface area contributed by atoms with Gasteiger partial charge in [-0.15, -0.1) is 0 Å². The Bertz CT molecular complexity index is 1240. The van der Waals surface area contributed by atoms with Crippen LogP contribution in [-0.2, 0) is 27.7 Å². The molecule has 1 aromatic carbocycles. The number of esters is 1. The molecule has 0 fully saturated rings. The standard InChI is InChI=1S/C21H22N4O5S/c1-13-16(4-5-17-18(13)12-30-21(17)27)19(26)10-22-7-14-8-24-25(11-14)20-6-3-15(9-23-20)31(2,28)29/h3-6,8-9,11,19,22,26H,7,10,12H2,1-2H3/t19-/m0/s1. The number of benzene rings is 1. The summed E-state index contributed by atoms with van der Waals surface area (Å²) in [5.41, 5.74) is 3.90. The van der Waals surface area contributed by atoms with E-state index >= 15 is 0 Å². The summed E-state index contributed by atoms with van der Waals surface area (Å²) >= 11 is 0. The van der Waals surface area contributed by atoms with Crippen LogP contribution in [0.25, 0.3) is 5.82 Å². The molecule has 0 saturated heterocycles. The zero-order valence-corrected chi connectivity index (χ0v) is 17.9. The van der Waals surface area contributed by atoms with Crippen molar-refractivity contribution in [1.29, 1.82) is 0 Å². The molecule has 2 aromatic heterocycles. The summed E-state index contributed by atoms with van der Waals surface area (Å²) in [7, 11) is -3.30. The first kappa shape index (κ1) is 21.2. The number of nitrogens with zero attached hydrogens (tertiary/aromatic N) is 3. The Labute approximate surface area is 179 Å². The fraction of sp³-hybridized carbons (Fsp3) is 0.286. The molecule has 2 N–H and O–H groups in total. The van der Waals surface area contributed by atoms with Crippen LogP contribution in [0, 0.1) is 6.92 Å². The number of pyridine rings is 1. The van der Waals surface area contributed by atoms with Crippen LogP contribution in [-0.4, -0.2) is 47.1 Å². The van der Waals surface area contributed by atoms with E-state index in [1.54, 1.807) is 35.3 Å². The van der Waals surface area contributed by atoms with Crippen molar-refractivity contribution in [1.82, 2.24) is 20.1 Å². The quantitative estimate of drug-likeness (QED) is 0.528. The zero-order chi connectivity index (χ0) is 22.2. The summed E-state index contributed by atoms with van der Waals surface area (Å²) in [5, 5.41) is 18.0. The third-order valence-corrected chi connectivity index (χ3v) is 6.35. The minimum Gasteiger partial charge on any atom is -0.457 e. The highest BCUT2D eigenvalue weighted by molar-refractivity contribution is 7.90. The van der Waals surface area contributed by atoms with Gasteiger partial charge >= 0.3 is 5.97 Å². The van der Waals surface area contributed by atoms with E-state index in [-0.39, 0.29) is 17.5 Å². The number of fused-ring (bicyclic) bond motifs is 1. The molecule has 0 bridgehead atoms. The second-order valence-electron chi connectivity index (χ2n) is 7.45. The number of aromatic nitrogens is 3. The predicted molar refractivity (Wildman–Crippen MR) is 111 cm³/mol. The second-order valence-corrected chi connectivity index (χ2v) is 9.46. The molecule has 0 unspecified atom stereocenters. The van der Waals surface area contributed by atoms with Gasteiger partial charge in [-0.1, -0.05) is 6.07 Å². The number of carbonyl (C=O) groups is 1. The Morgan fingerprint density at radius 1 is 1.26 bits per heavy atom. The van der Waals surface area contributed by atoms with Gasteiger partial charge in [0.15, 0.2) is 15.7 Å². The fourth-order valence-electron chi connectivity index (χ4n) is 3.50. The van der Waals surface area contributed by atoms with Gasteiger partial charge in [0.25, 0.3) is 0 Å². The zero-order valence-electron chi connectivity index (χ0n) is 17.1. The molecule has 0 radical (unpaired) electrons. The lowest BCUT2D eigenvalue weighted by molar-refractivity contribution is 0.0535. The Morgan fingerprint density at radius 2 is 2.06 bits per heavy atom. The van der Waals surface area contributed by atoms with Gasteiger partial charge in [0.05, 0.1) is 22.8 Å². The molecule has 0 saturated carbocycles. The average Bonchev–Trinajstić information content (AvgIpc) is 3.35. The number of ether oxygens (including phenoxy) is 1. The molecule has 10 heteroatoms. The predicted octanol–water partition coefficient (Wildman–Crippen LogP) is 1.47. The molecular weight excluding hydrogens is 420 g/mol. The Morgan fingerprint density at radius 3 is 2.77 bits per heavy atom. The van der Waals surface area contributed by atoms with Crippen LogP contribution in [0.4, 0.5) is 0 Å². The average molecular weight is 442 g/mol. The number of carbonyl (C=O) groups excluding carboxylic acids is 1. The van der Waals surface area contributed by atoms with Crippen LogP contribution in [0.15, 0.2) is 47.8 Å². The van der Waals surface area contributed by atoms with Gasteiger partial charge in [-0.3, -0.25) is 0 Å². The summed E-state index contributed by atoms with van der Waals surface area (Å²) in [6.07, 6.45) is 5.16. The van der Waals surface area contributed by atoms with E-state index in [4.69, 9.17) is 4.74 Å². The van der Waals surface area contributed by atoms with Crippen LogP contribution in [0.5, 0.6) is 0 Å². The van der Waals surface area contributed by atoms with Crippen LogP contribution >= 0.6 is 0 Å². The normalized spacial score (nSPS) is 14.4. The van der Waals surface area contributed by atoms with Crippen molar-refractivity contribution >= 4 is 15.8 Å². The fourth-order valence-corrected chi connectivity index (χ4v) is 4.06. The molecule has 4 rings (SSSR count). The highest BCUT2D eigenvalue weighted by Gasteiger charge is 2.25. The highest BCUT2D eigenvalue weighted by Crippen LogP contribution is 2.28. The van der Waals surface area contributed by atoms with Crippen molar-refractivity contribution in [2.24, 2.45) is 0 Å². The molecule has 1 aliphatic heterocycles.